The third kappa shape index (κ3) is 5.78. The molecular weight excluding hydrogens is 227 g/mol. The van der Waals surface area contributed by atoms with Crippen molar-refractivity contribution < 1.29 is 22.7 Å². The number of nitrogen functional groups attached to an aromatic ring is 1. The molecule has 16 heavy (non-hydrogen) atoms. The number of halogens is 3. The summed E-state index contributed by atoms with van der Waals surface area (Å²) < 4.78 is 39.6. The highest BCUT2D eigenvalue weighted by Crippen LogP contribution is 2.26. The van der Waals surface area contributed by atoms with E-state index < -0.39 is 11.9 Å². The number of nitrogens with zero attached hydrogens (tertiary/aromatic N) is 2. The van der Waals surface area contributed by atoms with Crippen molar-refractivity contribution >= 4 is 12.3 Å². The second-order valence-corrected chi connectivity index (χ2v) is 2.38. The minimum absolute atomic E-state index is 0.236. The molecule has 1 heterocycles. The van der Waals surface area contributed by atoms with Crippen LogP contribution in [0, 0.1) is 0 Å². The van der Waals surface area contributed by atoms with Crippen LogP contribution in [0.1, 0.15) is 12.6 Å². The number of hydrogen-bond acceptors (Lipinski definition) is 5. The van der Waals surface area contributed by atoms with Gasteiger partial charge >= 0.3 is 6.18 Å². The van der Waals surface area contributed by atoms with E-state index in [1.54, 1.807) is 6.92 Å². The molecule has 0 bridgehead atoms. The summed E-state index contributed by atoms with van der Waals surface area (Å²) in [6.07, 6.45) is -2.80. The van der Waals surface area contributed by atoms with Gasteiger partial charge in [-0.1, -0.05) is 0 Å². The largest absolute Gasteiger partial charge is 0.468 e. The standard InChI is InChI=1S/C5H4F3N3.C3H6O2/c6-5(7,8)3-1-10-2-4(9)11-3;1-2-5-3-4/h1-2H,(H2,9,11);3H,2H2,1H3. The second-order valence-electron chi connectivity index (χ2n) is 2.38. The summed E-state index contributed by atoms with van der Waals surface area (Å²) >= 11 is 0. The van der Waals surface area contributed by atoms with E-state index >= 15 is 0 Å². The molecule has 0 radical (unpaired) electrons. The third-order valence-corrected chi connectivity index (χ3v) is 1.18. The molecule has 5 nitrogen and oxygen atoms in total. The molecule has 0 spiro atoms. The first kappa shape index (κ1) is 14.1. The number of carbonyl (C=O) groups excluding carboxylic acids is 1. The van der Waals surface area contributed by atoms with Gasteiger partial charge in [-0.25, -0.2) is 4.98 Å². The Morgan fingerprint density at radius 1 is 1.50 bits per heavy atom. The van der Waals surface area contributed by atoms with Crippen molar-refractivity contribution in [3.05, 3.63) is 18.1 Å². The van der Waals surface area contributed by atoms with Crippen molar-refractivity contribution in [1.29, 1.82) is 0 Å². The van der Waals surface area contributed by atoms with Crippen LogP contribution in [0.2, 0.25) is 0 Å². The Morgan fingerprint density at radius 3 is 2.38 bits per heavy atom. The molecule has 90 valence electrons. The Bertz CT molecular complexity index is 331. The lowest BCUT2D eigenvalue weighted by Gasteiger charge is -2.03. The molecule has 0 aliphatic carbocycles. The fraction of sp³-hybridized carbons (Fsp3) is 0.375. The number of alkyl halides is 3. The molecule has 0 aliphatic heterocycles. The third-order valence-electron chi connectivity index (χ3n) is 1.18. The maximum absolute atomic E-state index is 11.8. The van der Waals surface area contributed by atoms with E-state index in [-0.39, 0.29) is 5.82 Å². The number of hydrogen-bond donors (Lipinski definition) is 1. The Labute approximate surface area is 89.4 Å². The number of aromatic nitrogens is 2. The van der Waals surface area contributed by atoms with Crippen LogP contribution >= 0.6 is 0 Å². The quantitative estimate of drug-likeness (QED) is 0.783. The van der Waals surface area contributed by atoms with Gasteiger partial charge in [0.25, 0.3) is 6.47 Å². The highest BCUT2D eigenvalue weighted by molar-refractivity contribution is 5.36. The van der Waals surface area contributed by atoms with Gasteiger partial charge < -0.3 is 10.5 Å². The van der Waals surface area contributed by atoms with Gasteiger partial charge in [-0.05, 0) is 6.92 Å². The molecule has 0 aromatic carbocycles. The van der Waals surface area contributed by atoms with Gasteiger partial charge in [0.05, 0.1) is 19.0 Å². The second kappa shape index (κ2) is 6.59. The van der Waals surface area contributed by atoms with E-state index in [0.717, 1.165) is 6.20 Å². The zero-order chi connectivity index (χ0) is 12.6. The molecule has 2 N–H and O–H groups in total. The molecule has 1 aromatic heterocycles. The first-order valence-electron chi connectivity index (χ1n) is 4.11. The maximum atomic E-state index is 11.8. The van der Waals surface area contributed by atoms with Crippen molar-refractivity contribution in [3.63, 3.8) is 0 Å². The lowest BCUT2D eigenvalue weighted by atomic mass is 10.4. The van der Waals surface area contributed by atoms with E-state index in [4.69, 9.17) is 5.73 Å². The van der Waals surface area contributed by atoms with E-state index in [9.17, 15) is 18.0 Å². The van der Waals surface area contributed by atoms with Crippen molar-refractivity contribution in [2.75, 3.05) is 12.3 Å². The average molecular weight is 237 g/mol. The van der Waals surface area contributed by atoms with Gasteiger partial charge in [0.15, 0.2) is 5.69 Å². The number of anilines is 1. The van der Waals surface area contributed by atoms with E-state index in [0.29, 0.717) is 19.3 Å². The van der Waals surface area contributed by atoms with Crippen LogP contribution in [0.4, 0.5) is 19.0 Å². The summed E-state index contributed by atoms with van der Waals surface area (Å²) in [5, 5.41) is 0. The lowest BCUT2D eigenvalue weighted by Crippen LogP contribution is -2.09. The van der Waals surface area contributed by atoms with Crippen molar-refractivity contribution in [1.82, 2.24) is 9.97 Å². The Balaban J connectivity index is 0.000000385. The highest BCUT2D eigenvalue weighted by Gasteiger charge is 2.32. The van der Waals surface area contributed by atoms with Crippen molar-refractivity contribution in [2.45, 2.75) is 13.1 Å². The Hall–Kier alpha value is -1.86. The first-order chi connectivity index (χ1) is 7.41. The molecular formula is C8H10F3N3O2. The summed E-state index contributed by atoms with van der Waals surface area (Å²) in [7, 11) is 0. The molecule has 0 atom stereocenters. The van der Waals surface area contributed by atoms with Gasteiger partial charge in [0, 0.05) is 0 Å². The van der Waals surface area contributed by atoms with E-state index in [1.807, 2.05) is 0 Å². The minimum Gasteiger partial charge on any atom is -0.468 e. The van der Waals surface area contributed by atoms with Crippen molar-refractivity contribution in [3.8, 4) is 0 Å². The molecule has 0 fully saturated rings. The molecule has 0 unspecified atom stereocenters. The van der Waals surface area contributed by atoms with Gasteiger partial charge in [0.1, 0.15) is 5.82 Å². The summed E-state index contributed by atoms with van der Waals surface area (Å²) in [6.45, 7) is 2.66. The van der Waals surface area contributed by atoms with Gasteiger partial charge in [-0.3, -0.25) is 9.78 Å². The Kier molecular flexibility index (Phi) is 5.83. The number of ether oxygens (including phenoxy) is 1. The number of nitrogens with two attached hydrogens (primary N) is 1. The van der Waals surface area contributed by atoms with Gasteiger partial charge in [0.2, 0.25) is 0 Å². The summed E-state index contributed by atoms with van der Waals surface area (Å²) in [6, 6.07) is 0. The maximum Gasteiger partial charge on any atom is 0.434 e. The summed E-state index contributed by atoms with van der Waals surface area (Å²) in [5.74, 6) is -0.236. The average Bonchev–Trinajstić information content (AvgIpc) is 2.18. The van der Waals surface area contributed by atoms with Crippen LogP contribution < -0.4 is 5.73 Å². The van der Waals surface area contributed by atoms with Crippen LogP contribution in [0.3, 0.4) is 0 Å². The van der Waals surface area contributed by atoms with Gasteiger partial charge in [-0.15, -0.1) is 0 Å². The molecule has 0 aliphatic rings. The van der Waals surface area contributed by atoms with Gasteiger partial charge in [-0.2, -0.15) is 13.2 Å². The zero-order valence-electron chi connectivity index (χ0n) is 8.36. The van der Waals surface area contributed by atoms with Crippen LogP contribution in [-0.2, 0) is 15.7 Å². The fourth-order valence-electron chi connectivity index (χ4n) is 0.586. The minimum atomic E-state index is -4.47. The normalized spacial score (nSPS) is 10.0. The SMILES string of the molecule is CCOC=O.Nc1cncc(C(F)(F)F)n1. The van der Waals surface area contributed by atoms with Crippen LogP contribution in [0.5, 0.6) is 0 Å². The molecule has 0 saturated carbocycles. The van der Waals surface area contributed by atoms with Crippen LogP contribution in [-0.4, -0.2) is 23.0 Å². The van der Waals surface area contributed by atoms with Crippen LogP contribution in [0.25, 0.3) is 0 Å². The predicted molar refractivity (Wildman–Crippen MR) is 49.1 cm³/mol. The fourth-order valence-corrected chi connectivity index (χ4v) is 0.586. The number of carbonyl (C=O) groups is 1. The van der Waals surface area contributed by atoms with Crippen LogP contribution in [0.15, 0.2) is 12.4 Å². The highest BCUT2D eigenvalue weighted by atomic mass is 19.4. The monoisotopic (exact) mass is 237 g/mol. The topological polar surface area (TPSA) is 78.1 Å². The molecule has 8 heteroatoms. The predicted octanol–water partition coefficient (Wildman–Crippen LogP) is 1.26. The summed E-state index contributed by atoms with van der Waals surface area (Å²) in [5.41, 5.74) is 3.91. The molecule has 1 aromatic rings. The van der Waals surface area contributed by atoms with E-state index in [2.05, 4.69) is 14.7 Å². The van der Waals surface area contributed by atoms with Crippen molar-refractivity contribution in [2.24, 2.45) is 0 Å². The molecule has 1 rings (SSSR count). The lowest BCUT2D eigenvalue weighted by molar-refractivity contribution is -0.141. The van der Waals surface area contributed by atoms with E-state index in [1.165, 1.54) is 0 Å². The zero-order valence-corrected chi connectivity index (χ0v) is 8.36. The molecule has 0 amide bonds. The Morgan fingerprint density at radius 2 is 2.12 bits per heavy atom. The smallest absolute Gasteiger partial charge is 0.434 e. The first-order valence-corrected chi connectivity index (χ1v) is 4.11. The summed E-state index contributed by atoms with van der Waals surface area (Å²) in [4.78, 5) is 15.5. The number of rotatable bonds is 2. The molecule has 0 saturated heterocycles.